The van der Waals surface area contributed by atoms with E-state index in [2.05, 4.69) is 4.98 Å². The summed E-state index contributed by atoms with van der Waals surface area (Å²) in [5, 5.41) is 1.84. The molecule has 86 valence electrons. The van der Waals surface area contributed by atoms with Gasteiger partial charge in [-0.3, -0.25) is 4.79 Å². The molecule has 0 saturated heterocycles. The molecule has 0 spiro atoms. The lowest BCUT2D eigenvalue weighted by atomic mass is 10.3. The first-order valence-corrected chi connectivity index (χ1v) is 6.30. The van der Waals surface area contributed by atoms with Crippen molar-refractivity contribution in [1.82, 2.24) is 4.98 Å². The molecule has 1 aromatic heterocycles. The summed E-state index contributed by atoms with van der Waals surface area (Å²) in [6, 6.07) is 8.90. The van der Waals surface area contributed by atoms with E-state index in [4.69, 9.17) is 23.2 Å². The number of carbonyl (C=O) groups is 1. The molecule has 17 heavy (non-hydrogen) atoms. The van der Waals surface area contributed by atoms with Crippen LogP contribution in [0.4, 0.5) is 0 Å². The molecular formula is C12H7Cl2NOS. The minimum Gasteiger partial charge on any atom is -0.298 e. The Bertz CT molecular complexity index is 543. The molecule has 0 saturated carbocycles. The van der Waals surface area contributed by atoms with E-state index in [1.807, 2.05) is 6.07 Å². The second-order valence-corrected chi connectivity index (χ2v) is 5.13. The number of pyridine rings is 1. The minimum atomic E-state index is 0.515. The fourth-order valence-corrected chi connectivity index (χ4v) is 2.34. The van der Waals surface area contributed by atoms with Crippen molar-refractivity contribution < 1.29 is 4.79 Å². The number of aldehydes is 1. The first-order valence-electron chi connectivity index (χ1n) is 4.73. The first-order chi connectivity index (χ1) is 8.19. The number of hydrogen-bond donors (Lipinski definition) is 0. The summed E-state index contributed by atoms with van der Waals surface area (Å²) in [6.45, 7) is 0. The van der Waals surface area contributed by atoms with Crippen molar-refractivity contribution in [2.45, 2.75) is 9.92 Å². The largest absolute Gasteiger partial charge is 0.298 e. The Kier molecular flexibility index (Phi) is 4.05. The number of hydrogen-bond acceptors (Lipinski definition) is 3. The van der Waals surface area contributed by atoms with Crippen LogP contribution in [0.5, 0.6) is 0 Å². The Morgan fingerprint density at radius 3 is 2.53 bits per heavy atom. The lowest BCUT2D eigenvalue weighted by molar-refractivity contribution is 0.112. The van der Waals surface area contributed by atoms with Gasteiger partial charge in [0.2, 0.25) is 0 Å². The van der Waals surface area contributed by atoms with E-state index in [0.717, 1.165) is 16.2 Å². The van der Waals surface area contributed by atoms with Crippen LogP contribution in [0.1, 0.15) is 10.4 Å². The normalized spacial score (nSPS) is 10.2. The number of aromatic nitrogens is 1. The van der Waals surface area contributed by atoms with Crippen LogP contribution in [0.2, 0.25) is 10.0 Å². The van der Waals surface area contributed by atoms with Crippen LogP contribution < -0.4 is 0 Å². The number of halogens is 2. The molecule has 2 aromatic rings. The van der Waals surface area contributed by atoms with Gasteiger partial charge in [0.1, 0.15) is 5.03 Å². The average molecular weight is 284 g/mol. The third-order valence-electron chi connectivity index (χ3n) is 2.01. The number of rotatable bonds is 3. The van der Waals surface area contributed by atoms with Crippen molar-refractivity contribution in [2.75, 3.05) is 0 Å². The van der Waals surface area contributed by atoms with Gasteiger partial charge in [-0.05, 0) is 30.3 Å². The summed E-state index contributed by atoms with van der Waals surface area (Å²) < 4.78 is 0. The second kappa shape index (κ2) is 5.54. The van der Waals surface area contributed by atoms with Gasteiger partial charge in [-0.1, -0.05) is 35.0 Å². The molecule has 0 aliphatic heterocycles. The van der Waals surface area contributed by atoms with Gasteiger partial charge < -0.3 is 0 Å². The van der Waals surface area contributed by atoms with Gasteiger partial charge in [-0.2, -0.15) is 0 Å². The van der Waals surface area contributed by atoms with Crippen molar-refractivity contribution in [3.63, 3.8) is 0 Å². The minimum absolute atomic E-state index is 0.515. The number of nitrogens with zero attached hydrogens (tertiary/aromatic N) is 1. The molecule has 0 aliphatic rings. The van der Waals surface area contributed by atoms with E-state index >= 15 is 0 Å². The maximum absolute atomic E-state index is 10.5. The SMILES string of the molecule is O=Cc1ccc(Sc2ccc(Cl)c(Cl)c2)nc1. The van der Waals surface area contributed by atoms with Gasteiger partial charge in [0, 0.05) is 16.7 Å². The Morgan fingerprint density at radius 2 is 1.94 bits per heavy atom. The smallest absolute Gasteiger partial charge is 0.151 e. The molecule has 1 aromatic carbocycles. The van der Waals surface area contributed by atoms with Crippen molar-refractivity contribution in [2.24, 2.45) is 0 Å². The van der Waals surface area contributed by atoms with E-state index in [-0.39, 0.29) is 0 Å². The van der Waals surface area contributed by atoms with E-state index in [0.29, 0.717) is 15.6 Å². The summed E-state index contributed by atoms with van der Waals surface area (Å²) in [7, 11) is 0. The van der Waals surface area contributed by atoms with Gasteiger partial charge in [-0.25, -0.2) is 4.98 Å². The van der Waals surface area contributed by atoms with Gasteiger partial charge in [-0.15, -0.1) is 0 Å². The van der Waals surface area contributed by atoms with Gasteiger partial charge >= 0.3 is 0 Å². The molecule has 0 atom stereocenters. The predicted octanol–water partition coefficient (Wildman–Crippen LogP) is 4.35. The highest BCUT2D eigenvalue weighted by Crippen LogP contribution is 2.31. The molecule has 0 radical (unpaired) electrons. The molecular weight excluding hydrogens is 277 g/mol. The Morgan fingerprint density at radius 1 is 1.12 bits per heavy atom. The summed E-state index contributed by atoms with van der Waals surface area (Å²) in [4.78, 5) is 15.6. The van der Waals surface area contributed by atoms with E-state index < -0.39 is 0 Å². The topological polar surface area (TPSA) is 30.0 Å². The molecule has 1 heterocycles. The summed E-state index contributed by atoms with van der Waals surface area (Å²) >= 11 is 13.2. The zero-order chi connectivity index (χ0) is 12.3. The molecule has 0 aliphatic carbocycles. The fraction of sp³-hybridized carbons (Fsp3) is 0. The van der Waals surface area contributed by atoms with E-state index in [9.17, 15) is 4.79 Å². The fourth-order valence-electron chi connectivity index (χ4n) is 1.18. The Hall–Kier alpha value is -1.03. The highest BCUT2D eigenvalue weighted by molar-refractivity contribution is 7.99. The first kappa shape index (κ1) is 12.4. The zero-order valence-corrected chi connectivity index (χ0v) is 10.9. The second-order valence-electron chi connectivity index (χ2n) is 3.23. The van der Waals surface area contributed by atoms with Gasteiger partial charge in [0.15, 0.2) is 6.29 Å². The third kappa shape index (κ3) is 3.22. The highest BCUT2D eigenvalue weighted by atomic mass is 35.5. The summed E-state index contributed by atoms with van der Waals surface area (Å²) in [5.41, 5.74) is 0.559. The Labute approximate surface area is 113 Å². The van der Waals surface area contributed by atoms with Crippen LogP contribution in [-0.4, -0.2) is 11.3 Å². The summed E-state index contributed by atoms with van der Waals surface area (Å²) in [5.74, 6) is 0. The lowest BCUT2D eigenvalue weighted by Crippen LogP contribution is -1.84. The number of carbonyl (C=O) groups excluding carboxylic acids is 1. The van der Waals surface area contributed by atoms with Crippen LogP contribution in [0.15, 0.2) is 46.5 Å². The zero-order valence-electron chi connectivity index (χ0n) is 8.56. The highest BCUT2D eigenvalue weighted by Gasteiger charge is 2.02. The van der Waals surface area contributed by atoms with E-state index in [1.54, 1.807) is 24.3 Å². The predicted molar refractivity (Wildman–Crippen MR) is 70.2 cm³/mol. The van der Waals surface area contributed by atoms with Crippen LogP contribution in [-0.2, 0) is 0 Å². The van der Waals surface area contributed by atoms with Gasteiger partial charge in [0.25, 0.3) is 0 Å². The van der Waals surface area contributed by atoms with Crippen LogP contribution in [0, 0.1) is 0 Å². The quantitative estimate of drug-likeness (QED) is 0.785. The molecule has 0 fully saturated rings. The van der Waals surface area contributed by atoms with Crippen molar-refractivity contribution in [3.05, 3.63) is 52.1 Å². The molecule has 2 nitrogen and oxygen atoms in total. The molecule has 5 heteroatoms. The van der Waals surface area contributed by atoms with Crippen molar-refractivity contribution >= 4 is 41.2 Å². The van der Waals surface area contributed by atoms with Crippen molar-refractivity contribution in [1.29, 1.82) is 0 Å². The van der Waals surface area contributed by atoms with Crippen LogP contribution >= 0.6 is 35.0 Å². The molecule has 2 rings (SSSR count). The van der Waals surface area contributed by atoms with Crippen LogP contribution in [0.3, 0.4) is 0 Å². The standard InChI is InChI=1S/C12H7Cl2NOS/c13-10-3-2-9(5-11(10)14)17-12-4-1-8(7-16)6-15-12/h1-7H. The maximum Gasteiger partial charge on any atom is 0.151 e. The molecule has 0 unspecified atom stereocenters. The monoisotopic (exact) mass is 283 g/mol. The number of benzene rings is 1. The average Bonchev–Trinajstić information content (AvgIpc) is 2.35. The lowest BCUT2D eigenvalue weighted by Gasteiger charge is -2.02. The van der Waals surface area contributed by atoms with E-state index in [1.165, 1.54) is 18.0 Å². The molecule has 0 amide bonds. The molecule has 0 N–H and O–H groups in total. The van der Waals surface area contributed by atoms with Gasteiger partial charge in [0.05, 0.1) is 10.0 Å². The maximum atomic E-state index is 10.5. The van der Waals surface area contributed by atoms with Crippen LogP contribution in [0.25, 0.3) is 0 Å². The molecule has 0 bridgehead atoms. The van der Waals surface area contributed by atoms with Crippen molar-refractivity contribution in [3.8, 4) is 0 Å². The summed E-state index contributed by atoms with van der Waals surface area (Å²) in [6.07, 6.45) is 2.30. The third-order valence-corrected chi connectivity index (χ3v) is 3.69. The Balaban J connectivity index is 2.19.